The van der Waals surface area contributed by atoms with Gasteiger partial charge in [-0.3, -0.25) is 0 Å². The molecule has 2 rings (SSSR count). The summed E-state index contributed by atoms with van der Waals surface area (Å²) in [6.07, 6.45) is 12.5. The number of hydrogen-bond acceptors (Lipinski definition) is 2. The van der Waals surface area contributed by atoms with Gasteiger partial charge in [-0.2, -0.15) is 0 Å². The van der Waals surface area contributed by atoms with Crippen molar-refractivity contribution >= 4 is 11.4 Å². The summed E-state index contributed by atoms with van der Waals surface area (Å²) in [5, 5.41) is 0. The molecule has 1 aliphatic heterocycles. The number of fused-ring (bicyclic) bond motifs is 1. The Morgan fingerprint density at radius 2 is 1.53 bits per heavy atom. The first-order valence-electron chi connectivity index (χ1n) is 7.59. The highest BCUT2D eigenvalue weighted by Crippen LogP contribution is 2.32. The highest BCUT2D eigenvalue weighted by molar-refractivity contribution is 5.75. The van der Waals surface area contributed by atoms with E-state index in [0.717, 1.165) is 6.54 Å². The van der Waals surface area contributed by atoms with Crippen LogP contribution in [0.2, 0.25) is 0 Å². The predicted molar refractivity (Wildman–Crippen MR) is 84.7 cm³/mol. The molecular formula is C17H26N2. The smallest absolute Gasteiger partial charge is 0.0647 e. The molecule has 1 heterocycles. The lowest BCUT2D eigenvalue weighted by Crippen LogP contribution is -2.25. The van der Waals surface area contributed by atoms with Crippen molar-refractivity contribution in [2.75, 3.05) is 23.4 Å². The zero-order valence-corrected chi connectivity index (χ0v) is 12.3. The van der Waals surface area contributed by atoms with Crippen LogP contribution in [-0.2, 0) is 0 Å². The number of anilines is 2. The minimum absolute atomic E-state index is 1.13. The SMILES string of the molecule is CCCCCCCCN1C=CN(C)c2ccccc21. The summed E-state index contributed by atoms with van der Waals surface area (Å²) in [5.41, 5.74) is 2.64. The fourth-order valence-electron chi connectivity index (χ4n) is 2.60. The number of benzene rings is 1. The number of unbranched alkanes of at least 4 members (excludes halogenated alkanes) is 5. The summed E-state index contributed by atoms with van der Waals surface area (Å²) in [5.74, 6) is 0. The van der Waals surface area contributed by atoms with Crippen molar-refractivity contribution in [3.63, 3.8) is 0 Å². The Morgan fingerprint density at radius 3 is 2.32 bits per heavy atom. The predicted octanol–water partition coefficient (Wildman–Crippen LogP) is 4.77. The maximum absolute atomic E-state index is 2.38. The van der Waals surface area contributed by atoms with E-state index in [0.29, 0.717) is 0 Å². The van der Waals surface area contributed by atoms with E-state index in [-0.39, 0.29) is 0 Å². The Labute approximate surface area is 117 Å². The molecule has 1 aliphatic rings. The van der Waals surface area contributed by atoms with Crippen LogP contribution in [-0.4, -0.2) is 13.6 Å². The van der Waals surface area contributed by atoms with Gasteiger partial charge in [0.05, 0.1) is 11.4 Å². The minimum atomic E-state index is 1.13. The zero-order valence-electron chi connectivity index (χ0n) is 12.3. The number of hydrogen-bond donors (Lipinski definition) is 0. The minimum Gasteiger partial charge on any atom is -0.348 e. The van der Waals surface area contributed by atoms with Gasteiger partial charge in [0.15, 0.2) is 0 Å². The van der Waals surface area contributed by atoms with Crippen molar-refractivity contribution in [3.8, 4) is 0 Å². The van der Waals surface area contributed by atoms with Crippen LogP contribution in [0.25, 0.3) is 0 Å². The van der Waals surface area contributed by atoms with Crippen LogP contribution in [0, 0.1) is 0 Å². The second-order valence-corrected chi connectivity index (χ2v) is 5.36. The van der Waals surface area contributed by atoms with Crippen molar-refractivity contribution in [2.45, 2.75) is 45.4 Å². The van der Waals surface area contributed by atoms with Crippen molar-refractivity contribution in [3.05, 3.63) is 36.7 Å². The molecule has 19 heavy (non-hydrogen) atoms. The zero-order chi connectivity index (χ0) is 13.5. The lowest BCUT2D eigenvalue weighted by Gasteiger charge is -2.31. The summed E-state index contributed by atoms with van der Waals surface area (Å²) >= 11 is 0. The quantitative estimate of drug-likeness (QED) is 0.650. The van der Waals surface area contributed by atoms with Crippen molar-refractivity contribution in [2.24, 2.45) is 0 Å². The Balaban J connectivity index is 1.83. The van der Waals surface area contributed by atoms with E-state index in [1.807, 2.05) is 0 Å². The summed E-state index contributed by atoms with van der Waals surface area (Å²) < 4.78 is 0. The third kappa shape index (κ3) is 3.76. The molecule has 0 radical (unpaired) electrons. The van der Waals surface area contributed by atoms with E-state index >= 15 is 0 Å². The lowest BCUT2D eigenvalue weighted by atomic mass is 10.1. The van der Waals surface area contributed by atoms with Gasteiger partial charge in [-0.15, -0.1) is 0 Å². The van der Waals surface area contributed by atoms with Gasteiger partial charge < -0.3 is 9.80 Å². The van der Waals surface area contributed by atoms with Gasteiger partial charge in [0.1, 0.15) is 0 Å². The molecule has 0 saturated heterocycles. The highest BCUT2D eigenvalue weighted by Gasteiger charge is 2.14. The monoisotopic (exact) mass is 258 g/mol. The largest absolute Gasteiger partial charge is 0.348 e. The van der Waals surface area contributed by atoms with Crippen LogP contribution in [0.15, 0.2) is 36.7 Å². The Morgan fingerprint density at radius 1 is 0.842 bits per heavy atom. The first kappa shape index (κ1) is 14.0. The summed E-state index contributed by atoms with van der Waals surface area (Å²) in [6.45, 7) is 3.40. The van der Waals surface area contributed by atoms with Gasteiger partial charge in [0.2, 0.25) is 0 Å². The Bertz CT molecular complexity index is 411. The van der Waals surface area contributed by atoms with Crippen molar-refractivity contribution < 1.29 is 0 Å². The van der Waals surface area contributed by atoms with E-state index in [1.54, 1.807) is 0 Å². The molecule has 1 aromatic rings. The summed E-state index contributed by atoms with van der Waals surface area (Å²) in [4.78, 5) is 4.57. The molecule has 2 heteroatoms. The van der Waals surface area contributed by atoms with Crippen LogP contribution in [0.3, 0.4) is 0 Å². The number of para-hydroxylation sites is 2. The van der Waals surface area contributed by atoms with E-state index < -0.39 is 0 Å². The second-order valence-electron chi connectivity index (χ2n) is 5.36. The van der Waals surface area contributed by atoms with Crippen LogP contribution >= 0.6 is 0 Å². The Hall–Kier alpha value is -1.44. The fraction of sp³-hybridized carbons (Fsp3) is 0.529. The van der Waals surface area contributed by atoms with Crippen LogP contribution in [0.4, 0.5) is 11.4 Å². The van der Waals surface area contributed by atoms with Gasteiger partial charge in [0.25, 0.3) is 0 Å². The van der Waals surface area contributed by atoms with Gasteiger partial charge in [-0.25, -0.2) is 0 Å². The lowest BCUT2D eigenvalue weighted by molar-refractivity contribution is 0.608. The third-order valence-electron chi connectivity index (χ3n) is 3.79. The maximum Gasteiger partial charge on any atom is 0.0647 e. The summed E-state index contributed by atoms with van der Waals surface area (Å²) in [6, 6.07) is 8.64. The molecule has 0 amide bonds. The average molecular weight is 258 g/mol. The van der Waals surface area contributed by atoms with Gasteiger partial charge in [0, 0.05) is 26.0 Å². The molecule has 0 N–H and O–H groups in total. The van der Waals surface area contributed by atoms with E-state index in [2.05, 4.69) is 60.4 Å². The topological polar surface area (TPSA) is 6.48 Å². The molecule has 0 atom stereocenters. The normalized spacial score (nSPS) is 13.8. The number of rotatable bonds is 7. The molecule has 0 aliphatic carbocycles. The molecule has 0 unspecified atom stereocenters. The molecule has 0 saturated carbocycles. The fourth-order valence-corrected chi connectivity index (χ4v) is 2.60. The molecule has 104 valence electrons. The molecule has 2 nitrogen and oxygen atoms in total. The maximum atomic E-state index is 2.38. The second kappa shape index (κ2) is 7.22. The third-order valence-corrected chi connectivity index (χ3v) is 3.79. The van der Waals surface area contributed by atoms with Crippen LogP contribution in [0.5, 0.6) is 0 Å². The van der Waals surface area contributed by atoms with Crippen LogP contribution < -0.4 is 9.80 Å². The van der Waals surface area contributed by atoms with Crippen molar-refractivity contribution in [1.29, 1.82) is 0 Å². The van der Waals surface area contributed by atoms with Gasteiger partial charge >= 0.3 is 0 Å². The van der Waals surface area contributed by atoms with E-state index in [9.17, 15) is 0 Å². The average Bonchev–Trinajstić information content (AvgIpc) is 2.45. The van der Waals surface area contributed by atoms with E-state index in [4.69, 9.17) is 0 Å². The molecule has 0 aromatic heterocycles. The molecule has 0 spiro atoms. The highest BCUT2D eigenvalue weighted by atomic mass is 15.2. The van der Waals surface area contributed by atoms with Crippen molar-refractivity contribution in [1.82, 2.24) is 0 Å². The summed E-state index contributed by atoms with van der Waals surface area (Å²) in [7, 11) is 2.11. The first-order valence-corrected chi connectivity index (χ1v) is 7.59. The first-order chi connectivity index (χ1) is 9.33. The van der Waals surface area contributed by atoms with Crippen LogP contribution in [0.1, 0.15) is 45.4 Å². The molecule has 0 bridgehead atoms. The molecule has 1 aromatic carbocycles. The Kier molecular flexibility index (Phi) is 5.31. The van der Waals surface area contributed by atoms with E-state index in [1.165, 1.54) is 49.9 Å². The standard InChI is InChI=1S/C17H26N2/c1-3-4-5-6-7-10-13-19-15-14-18(2)16-11-8-9-12-17(16)19/h8-9,11-12,14-15H,3-7,10,13H2,1-2H3. The molecule has 0 fully saturated rings. The molecular weight excluding hydrogens is 232 g/mol. The van der Waals surface area contributed by atoms with Gasteiger partial charge in [-0.1, -0.05) is 51.2 Å². The van der Waals surface area contributed by atoms with Gasteiger partial charge in [-0.05, 0) is 18.6 Å². The number of nitrogens with zero attached hydrogens (tertiary/aromatic N) is 2.